The van der Waals surface area contributed by atoms with Crippen LogP contribution in [0.3, 0.4) is 0 Å². The number of likely N-dealkylation sites (N-methyl/N-ethyl adjacent to an activating group) is 1. The number of anilines is 1. The molecule has 112 valence electrons. The van der Waals surface area contributed by atoms with E-state index in [4.69, 9.17) is 10.5 Å². The lowest BCUT2D eigenvalue weighted by Gasteiger charge is -2.30. The van der Waals surface area contributed by atoms with Crippen molar-refractivity contribution in [1.82, 2.24) is 0 Å². The molecule has 1 atom stereocenters. The minimum Gasteiger partial charge on any atom is -0.497 e. The average Bonchev–Trinajstić information content (AvgIpc) is 2.51. The second-order valence-electron chi connectivity index (χ2n) is 5.41. The van der Waals surface area contributed by atoms with E-state index in [1.165, 1.54) is 16.7 Å². The zero-order valence-corrected chi connectivity index (χ0v) is 13.3. The summed E-state index contributed by atoms with van der Waals surface area (Å²) in [6.45, 7) is 4.83. The number of aryl methyl sites for hydroxylation is 2. The number of rotatable bonds is 5. The third-order valence-electron chi connectivity index (χ3n) is 4.07. The molecule has 3 nitrogen and oxygen atoms in total. The van der Waals surface area contributed by atoms with Gasteiger partial charge >= 0.3 is 0 Å². The predicted molar refractivity (Wildman–Crippen MR) is 89.1 cm³/mol. The highest BCUT2D eigenvalue weighted by molar-refractivity contribution is 5.52. The van der Waals surface area contributed by atoms with Crippen molar-refractivity contribution in [2.75, 3.05) is 25.6 Å². The van der Waals surface area contributed by atoms with Crippen molar-refractivity contribution in [3.8, 4) is 5.75 Å². The highest BCUT2D eigenvalue weighted by atomic mass is 16.5. The van der Waals surface area contributed by atoms with Crippen molar-refractivity contribution in [2.45, 2.75) is 19.9 Å². The van der Waals surface area contributed by atoms with Crippen LogP contribution in [0.4, 0.5) is 5.69 Å². The number of ether oxygens (including phenoxy) is 1. The Hall–Kier alpha value is -2.00. The molecule has 1 unspecified atom stereocenters. The normalized spacial score (nSPS) is 12.0. The SMILES string of the molecule is COc1cccc(N(C)C(CN)c2ccc(C)c(C)c2)c1. The molecule has 0 saturated carbocycles. The van der Waals surface area contributed by atoms with E-state index in [0.29, 0.717) is 6.54 Å². The number of hydrogen-bond acceptors (Lipinski definition) is 3. The smallest absolute Gasteiger partial charge is 0.120 e. The van der Waals surface area contributed by atoms with Gasteiger partial charge in [0.25, 0.3) is 0 Å². The van der Waals surface area contributed by atoms with E-state index in [9.17, 15) is 0 Å². The van der Waals surface area contributed by atoms with Crippen LogP contribution in [0.15, 0.2) is 42.5 Å². The van der Waals surface area contributed by atoms with E-state index >= 15 is 0 Å². The molecule has 0 bridgehead atoms. The fourth-order valence-corrected chi connectivity index (χ4v) is 2.50. The van der Waals surface area contributed by atoms with Gasteiger partial charge in [-0.25, -0.2) is 0 Å². The summed E-state index contributed by atoms with van der Waals surface area (Å²) in [5, 5.41) is 0. The van der Waals surface area contributed by atoms with Gasteiger partial charge in [-0.2, -0.15) is 0 Å². The molecule has 0 aliphatic heterocycles. The number of nitrogens with two attached hydrogens (primary N) is 1. The summed E-state index contributed by atoms with van der Waals surface area (Å²) in [6.07, 6.45) is 0. The molecular weight excluding hydrogens is 260 g/mol. The van der Waals surface area contributed by atoms with Crippen molar-refractivity contribution in [3.63, 3.8) is 0 Å². The van der Waals surface area contributed by atoms with Crippen LogP contribution in [0.5, 0.6) is 5.75 Å². The topological polar surface area (TPSA) is 38.5 Å². The number of benzene rings is 2. The predicted octanol–water partition coefficient (Wildman–Crippen LogP) is 3.45. The second kappa shape index (κ2) is 6.64. The first-order chi connectivity index (χ1) is 10.1. The van der Waals surface area contributed by atoms with E-state index in [-0.39, 0.29) is 6.04 Å². The monoisotopic (exact) mass is 284 g/mol. The molecule has 0 fully saturated rings. The van der Waals surface area contributed by atoms with Gasteiger partial charge in [0.1, 0.15) is 5.75 Å². The average molecular weight is 284 g/mol. The van der Waals surface area contributed by atoms with Crippen LogP contribution in [0.25, 0.3) is 0 Å². The van der Waals surface area contributed by atoms with Crippen LogP contribution in [0, 0.1) is 13.8 Å². The maximum Gasteiger partial charge on any atom is 0.120 e. The van der Waals surface area contributed by atoms with Crippen molar-refractivity contribution in [1.29, 1.82) is 0 Å². The zero-order valence-electron chi connectivity index (χ0n) is 13.3. The van der Waals surface area contributed by atoms with Crippen LogP contribution in [-0.2, 0) is 0 Å². The van der Waals surface area contributed by atoms with Gasteiger partial charge in [0.05, 0.1) is 13.2 Å². The lowest BCUT2D eigenvalue weighted by Crippen LogP contribution is -2.30. The molecule has 2 aromatic rings. The third kappa shape index (κ3) is 3.37. The van der Waals surface area contributed by atoms with Crippen LogP contribution >= 0.6 is 0 Å². The lowest BCUT2D eigenvalue weighted by molar-refractivity contribution is 0.414. The van der Waals surface area contributed by atoms with Crippen molar-refractivity contribution >= 4 is 5.69 Å². The fourth-order valence-electron chi connectivity index (χ4n) is 2.50. The summed E-state index contributed by atoms with van der Waals surface area (Å²) < 4.78 is 5.30. The van der Waals surface area contributed by atoms with Gasteiger partial charge in [-0.1, -0.05) is 24.3 Å². The second-order valence-corrected chi connectivity index (χ2v) is 5.41. The van der Waals surface area contributed by atoms with Gasteiger partial charge in [0, 0.05) is 25.3 Å². The molecule has 0 radical (unpaired) electrons. The van der Waals surface area contributed by atoms with E-state index in [2.05, 4.69) is 50.1 Å². The Morgan fingerprint density at radius 1 is 1.10 bits per heavy atom. The Kier molecular flexibility index (Phi) is 4.86. The largest absolute Gasteiger partial charge is 0.497 e. The van der Waals surface area contributed by atoms with Crippen molar-refractivity contribution in [2.24, 2.45) is 5.73 Å². The molecule has 2 rings (SSSR count). The Morgan fingerprint density at radius 2 is 1.86 bits per heavy atom. The van der Waals surface area contributed by atoms with Crippen LogP contribution < -0.4 is 15.4 Å². The maximum atomic E-state index is 6.03. The standard InChI is InChI=1S/C18H24N2O/c1-13-8-9-15(10-14(13)2)18(12-19)20(3)16-6-5-7-17(11-16)21-4/h5-11,18H,12,19H2,1-4H3. The van der Waals surface area contributed by atoms with E-state index in [0.717, 1.165) is 11.4 Å². The Bertz CT molecular complexity index is 610. The Balaban J connectivity index is 2.32. The van der Waals surface area contributed by atoms with Gasteiger partial charge < -0.3 is 15.4 Å². The lowest BCUT2D eigenvalue weighted by atomic mass is 10.00. The number of methoxy groups -OCH3 is 1. The van der Waals surface area contributed by atoms with Gasteiger partial charge in [0.15, 0.2) is 0 Å². The van der Waals surface area contributed by atoms with Gasteiger partial charge in [-0.15, -0.1) is 0 Å². The molecule has 0 amide bonds. The summed E-state index contributed by atoms with van der Waals surface area (Å²) in [4.78, 5) is 2.20. The summed E-state index contributed by atoms with van der Waals surface area (Å²) in [6, 6.07) is 14.8. The summed E-state index contributed by atoms with van der Waals surface area (Å²) >= 11 is 0. The molecule has 2 N–H and O–H groups in total. The molecule has 0 heterocycles. The molecular formula is C18H24N2O. The van der Waals surface area contributed by atoms with Crippen LogP contribution in [0.2, 0.25) is 0 Å². The van der Waals surface area contributed by atoms with Gasteiger partial charge in [0.2, 0.25) is 0 Å². The molecule has 0 aromatic heterocycles. The van der Waals surface area contributed by atoms with Crippen molar-refractivity contribution < 1.29 is 4.74 Å². The highest BCUT2D eigenvalue weighted by Gasteiger charge is 2.17. The van der Waals surface area contributed by atoms with Crippen LogP contribution in [0.1, 0.15) is 22.7 Å². The van der Waals surface area contributed by atoms with E-state index in [1.54, 1.807) is 7.11 Å². The van der Waals surface area contributed by atoms with Crippen LogP contribution in [-0.4, -0.2) is 20.7 Å². The zero-order chi connectivity index (χ0) is 15.4. The molecule has 21 heavy (non-hydrogen) atoms. The van der Waals surface area contributed by atoms with Gasteiger partial charge in [-0.05, 0) is 42.7 Å². The first-order valence-corrected chi connectivity index (χ1v) is 7.21. The number of nitrogens with zero attached hydrogens (tertiary/aromatic N) is 1. The van der Waals surface area contributed by atoms with Crippen molar-refractivity contribution in [3.05, 3.63) is 59.2 Å². The minimum absolute atomic E-state index is 0.149. The number of hydrogen-bond donors (Lipinski definition) is 1. The molecule has 0 spiro atoms. The molecule has 3 heteroatoms. The first kappa shape index (κ1) is 15.4. The summed E-state index contributed by atoms with van der Waals surface area (Å²) in [5.41, 5.74) is 11.0. The summed E-state index contributed by atoms with van der Waals surface area (Å²) in [5.74, 6) is 0.857. The van der Waals surface area contributed by atoms with E-state index in [1.807, 2.05) is 18.2 Å². The Labute approximate surface area is 127 Å². The fraction of sp³-hybridized carbons (Fsp3) is 0.333. The Morgan fingerprint density at radius 3 is 2.48 bits per heavy atom. The maximum absolute atomic E-state index is 6.03. The summed E-state index contributed by atoms with van der Waals surface area (Å²) in [7, 11) is 3.75. The van der Waals surface area contributed by atoms with E-state index < -0.39 is 0 Å². The minimum atomic E-state index is 0.149. The van der Waals surface area contributed by atoms with Gasteiger partial charge in [-0.3, -0.25) is 0 Å². The first-order valence-electron chi connectivity index (χ1n) is 7.21. The highest BCUT2D eigenvalue weighted by Crippen LogP contribution is 2.28. The molecule has 0 aliphatic rings. The quantitative estimate of drug-likeness (QED) is 0.914. The molecule has 0 aliphatic carbocycles. The third-order valence-corrected chi connectivity index (χ3v) is 4.07. The molecule has 2 aromatic carbocycles. The molecule has 0 saturated heterocycles.